The van der Waals surface area contributed by atoms with E-state index in [2.05, 4.69) is 11.0 Å². The topological polar surface area (TPSA) is 93.9 Å². The van der Waals surface area contributed by atoms with Gasteiger partial charge in [-0.2, -0.15) is 5.26 Å². The van der Waals surface area contributed by atoms with E-state index in [0.29, 0.717) is 42.4 Å². The standard InChI is InChI=1S/C22H25N3O4S/c1-16-14-18(8-9-20(16)29-22(2,3)21(26)27)30(28)25-12-10-24(11-13-25)19-7-5-4-6-17(19)15-23/h4-9,14H,10-13H2,1-3H3,(H,26,27). The summed E-state index contributed by atoms with van der Waals surface area (Å²) in [6, 6.07) is 14.9. The summed E-state index contributed by atoms with van der Waals surface area (Å²) in [7, 11) is -1.33. The fraction of sp³-hybridized carbons (Fsp3) is 0.364. The quantitative estimate of drug-likeness (QED) is 0.762. The Hall–Kier alpha value is -2.89. The number of hydrogen-bond donors (Lipinski definition) is 1. The van der Waals surface area contributed by atoms with Gasteiger partial charge in [-0.15, -0.1) is 0 Å². The maximum atomic E-state index is 13.1. The molecule has 30 heavy (non-hydrogen) atoms. The molecule has 1 atom stereocenters. The number of aliphatic carboxylic acids is 1. The average Bonchev–Trinajstić information content (AvgIpc) is 2.74. The Bertz CT molecular complexity index is 1010. The van der Waals surface area contributed by atoms with E-state index in [-0.39, 0.29) is 0 Å². The zero-order valence-electron chi connectivity index (χ0n) is 17.3. The summed E-state index contributed by atoms with van der Waals surface area (Å²) in [4.78, 5) is 14.1. The van der Waals surface area contributed by atoms with Gasteiger partial charge in [0.1, 0.15) is 22.8 Å². The Morgan fingerprint density at radius 2 is 1.83 bits per heavy atom. The average molecular weight is 428 g/mol. The number of rotatable bonds is 6. The van der Waals surface area contributed by atoms with Crippen molar-refractivity contribution in [3.63, 3.8) is 0 Å². The second-order valence-corrected chi connectivity index (χ2v) is 9.13. The molecule has 0 aliphatic carbocycles. The number of nitrogens with zero attached hydrogens (tertiary/aromatic N) is 3. The SMILES string of the molecule is Cc1cc(S(=O)N2CCN(c3ccccc3C#N)CC2)ccc1OC(C)(C)C(=O)O. The van der Waals surface area contributed by atoms with E-state index in [1.54, 1.807) is 24.3 Å². The molecule has 1 aliphatic rings. The number of nitriles is 1. The van der Waals surface area contributed by atoms with E-state index in [1.807, 2.05) is 29.4 Å². The van der Waals surface area contributed by atoms with E-state index in [0.717, 1.165) is 11.3 Å². The van der Waals surface area contributed by atoms with Crippen LogP contribution >= 0.6 is 0 Å². The molecule has 0 radical (unpaired) electrons. The zero-order valence-corrected chi connectivity index (χ0v) is 18.1. The van der Waals surface area contributed by atoms with Crippen LogP contribution in [0.4, 0.5) is 5.69 Å². The van der Waals surface area contributed by atoms with E-state index in [4.69, 9.17) is 4.74 Å². The number of anilines is 1. The molecule has 1 unspecified atom stereocenters. The molecule has 1 saturated heterocycles. The van der Waals surface area contributed by atoms with Gasteiger partial charge in [0.25, 0.3) is 0 Å². The van der Waals surface area contributed by atoms with Crippen LogP contribution in [-0.4, -0.2) is 51.4 Å². The molecule has 0 amide bonds. The number of piperazine rings is 1. The molecule has 0 spiro atoms. The monoisotopic (exact) mass is 427 g/mol. The maximum absolute atomic E-state index is 13.1. The Morgan fingerprint density at radius 3 is 2.43 bits per heavy atom. The Balaban J connectivity index is 1.67. The minimum absolute atomic E-state index is 0.459. The van der Waals surface area contributed by atoms with Gasteiger partial charge in [0.05, 0.1) is 16.1 Å². The highest BCUT2D eigenvalue weighted by Crippen LogP contribution is 2.27. The van der Waals surface area contributed by atoms with Gasteiger partial charge >= 0.3 is 5.97 Å². The normalized spacial score (nSPS) is 16.0. The number of ether oxygens (including phenoxy) is 1. The lowest BCUT2D eigenvalue weighted by molar-refractivity contribution is -0.152. The predicted octanol–water partition coefficient (Wildman–Crippen LogP) is 2.95. The first-order valence-corrected chi connectivity index (χ1v) is 10.8. The minimum atomic E-state index is -1.35. The third-order valence-corrected chi connectivity index (χ3v) is 6.56. The molecular weight excluding hydrogens is 402 g/mol. The highest BCUT2D eigenvalue weighted by Gasteiger charge is 2.30. The van der Waals surface area contributed by atoms with Gasteiger partial charge in [0, 0.05) is 26.2 Å². The summed E-state index contributed by atoms with van der Waals surface area (Å²) in [5.41, 5.74) is 0.935. The fourth-order valence-electron chi connectivity index (χ4n) is 3.25. The summed E-state index contributed by atoms with van der Waals surface area (Å²) in [5, 5.41) is 18.5. The summed E-state index contributed by atoms with van der Waals surface area (Å²) < 4.78 is 20.6. The first-order chi connectivity index (χ1) is 14.2. The molecule has 1 fully saturated rings. The molecule has 158 valence electrons. The van der Waals surface area contributed by atoms with Crippen molar-refractivity contribution in [1.29, 1.82) is 5.26 Å². The number of carbonyl (C=O) groups is 1. The third-order valence-electron chi connectivity index (χ3n) is 5.07. The lowest BCUT2D eigenvalue weighted by atomic mass is 10.1. The van der Waals surface area contributed by atoms with Crippen molar-refractivity contribution in [3.8, 4) is 11.8 Å². The molecule has 8 heteroatoms. The molecule has 0 bridgehead atoms. The number of aryl methyl sites for hydroxylation is 1. The number of carboxylic acids is 1. The van der Waals surface area contributed by atoms with Crippen molar-refractivity contribution >= 4 is 22.6 Å². The largest absolute Gasteiger partial charge is 0.478 e. The van der Waals surface area contributed by atoms with Gasteiger partial charge in [-0.3, -0.25) is 0 Å². The van der Waals surface area contributed by atoms with E-state index < -0.39 is 22.6 Å². The first kappa shape index (κ1) is 21.8. The second kappa shape index (κ2) is 8.86. The van der Waals surface area contributed by atoms with Gasteiger partial charge in [0.15, 0.2) is 5.60 Å². The molecule has 3 rings (SSSR count). The van der Waals surface area contributed by atoms with Crippen LogP contribution in [0.3, 0.4) is 0 Å². The summed E-state index contributed by atoms with van der Waals surface area (Å²) in [6.45, 7) is 7.36. The number of para-hydroxylation sites is 1. The molecule has 0 saturated carbocycles. The van der Waals surface area contributed by atoms with Crippen molar-refractivity contribution in [3.05, 3.63) is 53.6 Å². The number of carboxylic acid groups (broad SMARTS) is 1. The molecule has 2 aromatic rings. The van der Waals surface area contributed by atoms with E-state index >= 15 is 0 Å². The van der Waals surface area contributed by atoms with Crippen LogP contribution in [0, 0.1) is 18.3 Å². The summed E-state index contributed by atoms with van der Waals surface area (Å²) in [6.07, 6.45) is 0. The maximum Gasteiger partial charge on any atom is 0.347 e. The van der Waals surface area contributed by atoms with Crippen LogP contribution in [0.25, 0.3) is 0 Å². The highest BCUT2D eigenvalue weighted by atomic mass is 32.2. The first-order valence-electron chi connectivity index (χ1n) is 9.67. The number of hydrogen-bond acceptors (Lipinski definition) is 5. The van der Waals surface area contributed by atoms with Crippen molar-refractivity contribution in [1.82, 2.24) is 4.31 Å². The van der Waals surface area contributed by atoms with Crippen LogP contribution < -0.4 is 9.64 Å². The van der Waals surface area contributed by atoms with Crippen LogP contribution in [0.1, 0.15) is 25.0 Å². The molecular formula is C22H25N3O4S. The van der Waals surface area contributed by atoms with E-state index in [1.165, 1.54) is 13.8 Å². The molecule has 1 aliphatic heterocycles. The fourth-order valence-corrected chi connectivity index (χ4v) is 4.51. The number of benzene rings is 2. The van der Waals surface area contributed by atoms with Gasteiger partial charge in [-0.05, 0) is 56.7 Å². The van der Waals surface area contributed by atoms with Gasteiger partial charge in [-0.25, -0.2) is 13.3 Å². The Labute approximate surface area is 179 Å². The smallest absolute Gasteiger partial charge is 0.347 e. The highest BCUT2D eigenvalue weighted by molar-refractivity contribution is 7.82. The lowest BCUT2D eigenvalue weighted by Crippen LogP contribution is -2.47. The molecule has 0 aromatic heterocycles. The van der Waals surface area contributed by atoms with Crippen molar-refractivity contribution in [2.24, 2.45) is 0 Å². The predicted molar refractivity (Wildman–Crippen MR) is 115 cm³/mol. The van der Waals surface area contributed by atoms with Gasteiger partial charge < -0.3 is 14.7 Å². The van der Waals surface area contributed by atoms with Crippen LogP contribution in [0.5, 0.6) is 5.75 Å². The Morgan fingerprint density at radius 1 is 1.17 bits per heavy atom. The van der Waals surface area contributed by atoms with Crippen molar-refractivity contribution in [2.75, 3.05) is 31.1 Å². The zero-order chi connectivity index (χ0) is 21.9. The second-order valence-electron chi connectivity index (χ2n) is 7.64. The lowest BCUT2D eigenvalue weighted by Gasteiger charge is -2.35. The van der Waals surface area contributed by atoms with E-state index in [9.17, 15) is 19.4 Å². The van der Waals surface area contributed by atoms with Crippen LogP contribution in [0.2, 0.25) is 0 Å². The van der Waals surface area contributed by atoms with Crippen molar-refractivity contribution in [2.45, 2.75) is 31.3 Å². The van der Waals surface area contributed by atoms with Gasteiger partial charge in [-0.1, -0.05) is 12.1 Å². The molecule has 7 nitrogen and oxygen atoms in total. The van der Waals surface area contributed by atoms with Gasteiger partial charge in [0.2, 0.25) is 0 Å². The molecule has 1 heterocycles. The summed E-state index contributed by atoms with van der Waals surface area (Å²) >= 11 is 0. The third kappa shape index (κ3) is 4.64. The van der Waals surface area contributed by atoms with Crippen LogP contribution in [0.15, 0.2) is 47.4 Å². The Kier molecular flexibility index (Phi) is 6.44. The minimum Gasteiger partial charge on any atom is -0.478 e. The molecule has 2 aromatic carbocycles. The molecule has 1 N–H and O–H groups in total. The van der Waals surface area contributed by atoms with Crippen molar-refractivity contribution < 1.29 is 18.8 Å². The van der Waals surface area contributed by atoms with Crippen LogP contribution in [-0.2, 0) is 15.8 Å². The summed E-state index contributed by atoms with van der Waals surface area (Å²) in [5.74, 6) is -0.591.